The maximum atomic E-state index is 4.37. The zero-order chi connectivity index (χ0) is 11.4. The van der Waals surface area contributed by atoms with Crippen molar-refractivity contribution in [1.29, 1.82) is 0 Å². The number of aryl methyl sites for hydroxylation is 1. The zero-order valence-electron chi connectivity index (χ0n) is 9.67. The summed E-state index contributed by atoms with van der Waals surface area (Å²) in [4.78, 5) is 6.87. The van der Waals surface area contributed by atoms with Gasteiger partial charge in [-0.2, -0.15) is 0 Å². The Hall–Kier alpha value is -0.610. The average molecular weight is 284 g/mol. The summed E-state index contributed by atoms with van der Waals surface area (Å²) in [5, 5.41) is 3.39. The molecule has 1 aliphatic heterocycles. The second-order valence-electron chi connectivity index (χ2n) is 4.29. The first-order valence-electron chi connectivity index (χ1n) is 5.84. The predicted molar refractivity (Wildman–Crippen MR) is 70.8 cm³/mol. The molecule has 0 amide bonds. The van der Waals surface area contributed by atoms with Gasteiger partial charge in [-0.25, -0.2) is 4.98 Å². The lowest BCUT2D eigenvalue weighted by molar-refractivity contribution is 0.352. The van der Waals surface area contributed by atoms with Gasteiger partial charge in [0, 0.05) is 23.8 Å². The summed E-state index contributed by atoms with van der Waals surface area (Å²) in [7, 11) is 0. The first-order chi connectivity index (χ1) is 7.75. The third kappa shape index (κ3) is 3.19. The Balaban J connectivity index is 1.80. The Bertz CT molecular complexity index is 348. The lowest BCUT2D eigenvalue weighted by Crippen LogP contribution is -2.26. The van der Waals surface area contributed by atoms with Gasteiger partial charge in [-0.05, 0) is 60.4 Å². The fraction of sp³-hybridized carbons (Fsp3) is 0.583. The van der Waals surface area contributed by atoms with Crippen LogP contribution in [-0.4, -0.2) is 36.1 Å². The van der Waals surface area contributed by atoms with Crippen LogP contribution in [0.25, 0.3) is 0 Å². The van der Waals surface area contributed by atoms with E-state index in [1.165, 1.54) is 31.5 Å². The predicted octanol–water partition coefficient (Wildman–Crippen LogP) is 2.66. The highest BCUT2D eigenvalue weighted by Crippen LogP contribution is 2.16. The van der Waals surface area contributed by atoms with Crippen LogP contribution in [0, 0.1) is 6.92 Å². The number of likely N-dealkylation sites (tertiary alicyclic amines) is 1. The standard InChI is InChI=1S/C12H18BrN3/c1-10-8-11(13)9-15-12(10)14-4-7-16-5-2-3-6-16/h8-9H,2-7H2,1H3,(H,14,15). The summed E-state index contributed by atoms with van der Waals surface area (Å²) in [5.74, 6) is 1.00. The molecule has 0 aromatic carbocycles. The summed E-state index contributed by atoms with van der Waals surface area (Å²) in [6.07, 6.45) is 4.55. The minimum Gasteiger partial charge on any atom is -0.369 e. The molecule has 0 aliphatic carbocycles. The fourth-order valence-corrected chi connectivity index (χ4v) is 2.51. The maximum Gasteiger partial charge on any atom is 0.128 e. The van der Waals surface area contributed by atoms with Crippen LogP contribution in [0.3, 0.4) is 0 Å². The van der Waals surface area contributed by atoms with Gasteiger partial charge in [0.2, 0.25) is 0 Å². The van der Waals surface area contributed by atoms with Gasteiger partial charge in [-0.15, -0.1) is 0 Å². The molecule has 0 atom stereocenters. The van der Waals surface area contributed by atoms with Gasteiger partial charge in [0.15, 0.2) is 0 Å². The molecule has 0 unspecified atom stereocenters. The summed E-state index contributed by atoms with van der Waals surface area (Å²) in [6, 6.07) is 2.09. The molecule has 2 rings (SSSR count). The fourth-order valence-electron chi connectivity index (χ4n) is 2.06. The average Bonchev–Trinajstić information content (AvgIpc) is 2.74. The minimum absolute atomic E-state index is 0.982. The van der Waals surface area contributed by atoms with E-state index >= 15 is 0 Å². The summed E-state index contributed by atoms with van der Waals surface area (Å²) >= 11 is 3.42. The smallest absolute Gasteiger partial charge is 0.128 e. The van der Waals surface area contributed by atoms with Crippen molar-refractivity contribution in [1.82, 2.24) is 9.88 Å². The van der Waals surface area contributed by atoms with Crippen LogP contribution in [0.5, 0.6) is 0 Å². The normalized spacial score (nSPS) is 16.6. The van der Waals surface area contributed by atoms with Crippen molar-refractivity contribution in [3.8, 4) is 0 Å². The Labute approximate surface area is 105 Å². The number of aromatic nitrogens is 1. The maximum absolute atomic E-state index is 4.37. The van der Waals surface area contributed by atoms with Gasteiger partial charge in [-0.1, -0.05) is 0 Å². The number of nitrogens with zero attached hydrogens (tertiary/aromatic N) is 2. The van der Waals surface area contributed by atoms with Crippen molar-refractivity contribution < 1.29 is 0 Å². The van der Waals surface area contributed by atoms with Crippen molar-refractivity contribution in [2.45, 2.75) is 19.8 Å². The Morgan fingerprint density at radius 1 is 1.44 bits per heavy atom. The molecule has 0 saturated carbocycles. The van der Waals surface area contributed by atoms with Crippen LogP contribution in [0.2, 0.25) is 0 Å². The second kappa shape index (κ2) is 5.64. The molecule has 2 heterocycles. The number of halogens is 1. The van der Waals surface area contributed by atoms with Crippen LogP contribution in [0.4, 0.5) is 5.82 Å². The number of pyridine rings is 1. The first-order valence-corrected chi connectivity index (χ1v) is 6.63. The van der Waals surface area contributed by atoms with E-state index in [0.717, 1.165) is 23.4 Å². The van der Waals surface area contributed by atoms with E-state index in [4.69, 9.17) is 0 Å². The number of rotatable bonds is 4. The van der Waals surface area contributed by atoms with E-state index in [1.54, 1.807) is 0 Å². The first kappa shape index (κ1) is 11.9. The van der Waals surface area contributed by atoms with Crippen molar-refractivity contribution in [3.63, 3.8) is 0 Å². The lowest BCUT2D eigenvalue weighted by Gasteiger charge is -2.15. The molecule has 16 heavy (non-hydrogen) atoms. The lowest BCUT2D eigenvalue weighted by atomic mass is 10.3. The molecule has 0 spiro atoms. The molecule has 3 nitrogen and oxygen atoms in total. The van der Waals surface area contributed by atoms with E-state index in [2.05, 4.69) is 44.1 Å². The summed E-state index contributed by atoms with van der Waals surface area (Å²) < 4.78 is 1.04. The third-order valence-electron chi connectivity index (χ3n) is 2.96. The number of hydrogen-bond donors (Lipinski definition) is 1. The highest BCUT2D eigenvalue weighted by atomic mass is 79.9. The highest BCUT2D eigenvalue weighted by Gasteiger charge is 2.10. The number of hydrogen-bond acceptors (Lipinski definition) is 3. The number of nitrogens with one attached hydrogen (secondary N) is 1. The van der Waals surface area contributed by atoms with Crippen LogP contribution in [0.15, 0.2) is 16.7 Å². The third-order valence-corrected chi connectivity index (χ3v) is 3.40. The Morgan fingerprint density at radius 2 is 2.19 bits per heavy atom. The molecule has 1 aromatic heterocycles. The summed E-state index contributed by atoms with van der Waals surface area (Å²) in [5.41, 5.74) is 1.19. The molecular formula is C12H18BrN3. The van der Waals surface area contributed by atoms with Crippen LogP contribution < -0.4 is 5.32 Å². The van der Waals surface area contributed by atoms with Crippen molar-refractivity contribution in [3.05, 3.63) is 22.3 Å². The largest absolute Gasteiger partial charge is 0.369 e. The monoisotopic (exact) mass is 283 g/mol. The quantitative estimate of drug-likeness (QED) is 0.921. The van der Waals surface area contributed by atoms with Gasteiger partial charge in [0.05, 0.1) is 0 Å². The van der Waals surface area contributed by atoms with E-state index in [1.807, 2.05) is 6.20 Å². The van der Waals surface area contributed by atoms with Crippen molar-refractivity contribution in [2.24, 2.45) is 0 Å². The SMILES string of the molecule is Cc1cc(Br)cnc1NCCN1CCCC1. The van der Waals surface area contributed by atoms with E-state index in [-0.39, 0.29) is 0 Å². The summed E-state index contributed by atoms with van der Waals surface area (Å²) in [6.45, 7) is 6.70. The zero-order valence-corrected chi connectivity index (χ0v) is 11.3. The molecule has 1 aromatic rings. The van der Waals surface area contributed by atoms with Gasteiger partial charge in [-0.3, -0.25) is 0 Å². The van der Waals surface area contributed by atoms with E-state index in [9.17, 15) is 0 Å². The second-order valence-corrected chi connectivity index (χ2v) is 5.21. The van der Waals surface area contributed by atoms with Crippen LogP contribution >= 0.6 is 15.9 Å². The van der Waals surface area contributed by atoms with Crippen molar-refractivity contribution in [2.75, 3.05) is 31.5 Å². The Kier molecular flexibility index (Phi) is 4.18. The highest BCUT2D eigenvalue weighted by molar-refractivity contribution is 9.10. The van der Waals surface area contributed by atoms with Gasteiger partial charge < -0.3 is 10.2 Å². The molecule has 88 valence electrons. The van der Waals surface area contributed by atoms with Gasteiger partial charge in [0.25, 0.3) is 0 Å². The molecule has 0 radical (unpaired) electrons. The van der Waals surface area contributed by atoms with Gasteiger partial charge in [0.1, 0.15) is 5.82 Å². The van der Waals surface area contributed by atoms with E-state index in [0.29, 0.717) is 0 Å². The minimum atomic E-state index is 0.982. The molecular weight excluding hydrogens is 266 g/mol. The topological polar surface area (TPSA) is 28.2 Å². The molecule has 1 N–H and O–H groups in total. The van der Waals surface area contributed by atoms with Crippen molar-refractivity contribution >= 4 is 21.7 Å². The Morgan fingerprint density at radius 3 is 2.88 bits per heavy atom. The number of anilines is 1. The van der Waals surface area contributed by atoms with Gasteiger partial charge >= 0.3 is 0 Å². The molecule has 1 saturated heterocycles. The molecule has 4 heteroatoms. The molecule has 1 aliphatic rings. The van der Waals surface area contributed by atoms with Crippen LogP contribution in [0.1, 0.15) is 18.4 Å². The van der Waals surface area contributed by atoms with Crippen LogP contribution in [-0.2, 0) is 0 Å². The molecule has 0 bridgehead atoms. The molecule has 1 fully saturated rings. The van der Waals surface area contributed by atoms with E-state index < -0.39 is 0 Å².